The standard InChI is InChI=1S/C30H37ClN6O6/c1-35(2)8-5-6-26(38)36-9-7-21(16-36)43-11-10-37-28-19(15-32-30(34-28)33-20-17-42-18-20)12-24(29(37)39)23-13-22(40-3)14-25(41-4)27(23)31/h5-6,12-15,20-21H,7-11,16-18H2,1-4H3,(H,32,33,34). The molecule has 2 aromatic heterocycles. The van der Waals surface area contributed by atoms with Crippen LogP contribution in [0.2, 0.25) is 5.02 Å². The van der Waals surface area contributed by atoms with Gasteiger partial charge in [-0.25, -0.2) is 4.98 Å². The molecule has 0 aliphatic carbocycles. The van der Waals surface area contributed by atoms with Crippen LogP contribution < -0.4 is 20.3 Å². The van der Waals surface area contributed by atoms with Crippen LogP contribution in [0.4, 0.5) is 5.95 Å². The van der Waals surface area contributed by atoms with Crippen molar-refractivity contribution in [1.82, 2.24) is 24.3 Å². The van der Waals surface area contributed by atoms with Crippen molar-refractivity contribution in [2.75, 3.05) is 73.1 Å². The summed E-state index contributed by atoms with van der Waals surface area (Å²) in [4.78, 5) is 39.5. The molecule has 1 N–H and O–H groups in total. The maximum Gasteiger partial charge on any atom is 0.260 e. The molecule has 4 heterocycles. The molecule has 13 heteroatoms. The Kier molecular flexibility index (Phi) is 9.81. The first kappa shape index (κ1) is 30.7. The van der Waals surface area contributed by atoms with Gasteiger partial charge in [0, 0.05) is 54.5 Å². The van der Waals surface area contributed by atoms with Gasteiger partial charge in [-0.15, -0.1) is 0 Å². The predicted molar refractivity (Wildman–Crippen MR) is 164 cm³/mol. The molecule has 3 aromatic rings. The first-order chi connectivity index (χ1) is 20.8. The number of carbonyl (C=O) groups excluding carboxylic acids is 1. The average Bonchev–Trinajstić information content (AvgIpc) is 3.45. The van der Waals surface area contributed by atoms with Gasteiger partial charge in [0.1, 0.15) is 17.1 Å². The molecule has 2 aliphatic heterocycles. The number of amides is 1. The third-order valence-corrected chi connectivity index (χ3v) is 7.80. The number of benzene rings is 1. The number of fused-ring (bicyclic) bond motifs is 1. The maximum absolute atomic E-state index is 14.1. The van der Waals surface area contributed by atoms with E-state index in [0.29, 0.717) is 77.5 Å². The second kappa shape index (κ2) is 13.7. The number of carbonyl (C=O) groups is 1. The minimum Gasteiger partial charge on any atom is -0.497 e. The molecule has 0 bridgehead atoms. The predicted octanol–water partition coefficient (Wildman–Crippen LogP) is 2.68. The number of anilines is 1. The third kappa shape index (κ3) is 7.10. The van der Waals surface area contributed by atoms with E-state index in [9.17, 15) is 9.59 Å². The van der Waals surface area contributed by atoms with Crippen molar-refractivity contribution in [3.8, 4) is 22.6 Å². The molecule has 2 fully saturated rings. The molecule has 2 aliphatic rings. The van der Waals surface area contributed by atoms with Crippen LogP contribution in [0.1, 0.15) is 6.42 Å². The Balaban J connectivity index is 1.40. The van der Waals surface area contributed by atoms with E-state index in [1.54, 1.807) is 39.9 Å². The molecule has 12 nitrogen and oxygen atoms in total. The Bertz CT molecular complexity index is 1560. The van der Waals surface area contributed by atoms with Crippen LogP contribution in [0, 0.1) is 0 Å². The number of likely N-dealkylation sites (N-methyl/N-ethyl adjacent to an activating group) is 1. The lowest BCUT2D eigenvalue weighted by molar-refractivity contribution is -0.125. The van der Waals surface area contributed by atoms with Gasteiger partial charge in [0.15, 0.2) is 0 Å². The smallest absolute Gasteiger partial charge is 0.260 e. The monoisotopic (exact) mass is 612 g/mol. The largest absolute Gasteiger partial charge is 0.497 e. The van der Waals surface area contributed by atoms with Gasteiger partial charge in [0.25, 0.3) is 5.56 Å². The summed E-state index contributed by atoms with van der Waals surface area (Å²) in [5.74, 6) is 1.28. The number of methoxy groups -OCH3 is 2. The van der Waals surface area contributed by atoms with Gasteiger partial charge in [-0.05, 0) is 32.6 Å². The second-order valence-corrected chi connectivity index (χ2v) is 11.2. The quantitative estimate of drug-likeness (QED) is 0.306. The van der Waals surface area contributed by atoms with Gasteiger partial charge in [-0.2, -0.15) is 4.98 Å². The summed E-state index contributed by atoms with van der Waals surface area (Å²) >= 11 is 6.68. The molecular weight excluding hydrogens is 576 g/mol. The third-order valence-electron chi connectivity index (χ3n) is 7.41. The van der Waals surface area contributed by atoms with Gasteiger partial charge in [-0.3, -0.25) is 14.2 Å². The normalized spacial score (nSPS) is 17.2. The van der Waals surface area contributed by atoms with Gasteiger partial charge in [0.2, 0.25) is 11.9 Å². The summed E-state index contributed by atoms with van der Waals surface area (Å²) in [7, 11) is 6.95. The highest BCUT2D eigenvalue weighted by molar-refractivity contribution is 6.35. The zero-order chi connectivity index (χ0) is 30.5. The zero-order valence-electron chi connectivity index (χ0n) is 24.8. The highest BCUT2D eigenvalue weighted by Crippen LogP contribution is 2.38. The van der Waals surface area contributed by atoms with Crippen LogP contribution in [-0.2, 0) is 20.8 Å². The zero-order valence-corrected chi connectivity index (χ0v) is 25.6. The summed E-state index contributed by atoms with van der Waals surface area (Å²) in [6.45, 7) is 3.45. The van der Waals surface area contributed by atoms with Gasteiger partial charge in [0.05, 0.1) is 57.8 Å². The number of ether oxygens (including phenoxy) is 4. The molecular formula is C30H37ClN6O6. The molecule has 43 heavy (non-hydrogen) atoms. The minimum atomic E-state index is -0.292. The average molecular weight is 613 g/mol. The molecule has 1 atom stereocenters. The van der Waals surface area contributed by atoms with Crippen molar-refractivity contribution in [2.45, 2.75) is 25.1 Å². The number of nitrogens with zero attached hydrogens (tertiary/aromatic N) is 5. The summed E-state index contributed by atoms with van der Waals surface area (Å²) in [5, 5.41) is 4.20. The molecule has 2 saturated heterocycles. The van der Waals surface area contributed by atoms with Crippen molar-refractivity contribution in [1.29, 1.82) is 0 Å². The highest BCUT2D eigenvalue weighted by atomic mass is 35.5. The Morgan fingerprint density at radius 2 is 2.02 bits per heavy atom. The number of hydrogen-bond acceptors (Lipinski definition) is 10. The van der Waals surface area contributed by atoms with E-state index in [1.807, 2.05) is 25.1 Å². The van der Waals surface area contributed by atoms with E-state index >= 15 is 0 Å². The van der Waals surface area contributed by atoms with E-state index in [2.05, 4.69) is 10.3 Å². The molecule has 5 rings (SSSR count). The van der Waals surface area contributed by atoms with Crippen LogP contribution in [0.3, 0.4) is 0 Å². The van der Waals surface area contributed by atoms with Gasteiger partial charge in [-0.1, -0.05) is 17.7 Å². The molecule has 1 aromatic carbocycles. The lowest BCUT2D eigenvalue weighted by atomic mass is 10.0. The van der Waals surface area contributed by atoms with Crippen LogP contribution in [-0.4, -0.2) is 110 Å². The summed E-state index contributed by atoms with van der Waals surface area (Å²) < 4.78 is 23.9. The van der Waals surface area contributed by atoms with Gasteiger partial charge >= 0.3 is 0 Å². The van der Waals surface area contributed by atoms with Crippen molar-refractivity contribution in [3.05, 3.63) is 51.9 Å². The number of rotatable bonds is 12. The lowest BCUT2D eigenvalue weighted by Gasteiger charge is -2.26. The van der Waals surface area contributed by atoms with Crippen molar-refractivity contribution >= 4 is 34.5 Å². The van der Waals surface area contributed by atoms with E-state index in [-0.39, 0.29) is 36.8 Å². The number of hydrogen-bond donors (Lipinski definition) is 1. The van der Waals surface area contributed by atoms with Crippen LogP contribution in [0.5, 0.6) is 11.5 Å². The van der Waals surface area contributed by atoms with Crippen LogP contribution in [0.15, 0.2) is 41.3 Å². The van der Waals surface area contributed by atoms with Crippen LogP contribution in [0.25, 0.3) is 22.2 Å². The van der Waals surface area contributed by atoms with Gasteiger partial charge < -0.3 is 34.1 Å². The lowest BCUT2D eigenvalue weighted by Crippen LogP contribution is -2.40. The summed E-state index contributed by atoms with van der Waals surface area (Å²) in [6, 6.07) is 5.22. The molecule has 1 unspecified atom stereocenters. The summed E-state index contributed by atoms with van der Waals surface area (Å²) in [6.07, 6.45) is 5.74. The van der Waals surface area contributed by atoms with Crippen molar-refractivity contribution < 1.29 is 23.7 Å². The Labute approximate surface area is 255 Å². The Hall–Kier alpha value is -3.71. The fourth-order valence-electron chi connectivity index (χ4n) is 5.01. The maximum atomic E-state index is 14.1. The molecule has 230 valence electrons. The summed E-state index contributed by atoms with van der Waals surface area (Å²) in [5.41, 5.74) is 1.00. The highest BCUT2D eigenvalue weighted by Gasteiger charge is 2.26. The molecule has 1 amide bonds. The number of likely N-dealkylation sites (tertiary alicyclic amines) is 1. The Morgan fingerprint density at radius 3 is 2.72 bits per heavy atom. The van der Waals surface area contributed by atoms with E-state index in [4.69, 9.17) is 35.5 Å². The number of halogens is 1. The van der Waals surface area contributed by atoms with E-state index in [1.165, 1.54) is 14.2 Å². The van der Waals surface area contributed by atoms with Crippen LogP contribution >= 0.6 is 11.6 Å². The number of nitrogens with one attached hydrogen (secondary N) is 1. The second-order valence-electron chi connectivity index (χ2n) is 10.8. The first-order valence-electron chi connectivity index (χ1n) is 14.2. The SMILES string of the molecule is COc1cc(OC)c(Cl)c(-c2cc3cnc(NC4COC4)nc3n(CCOC3CCN(C(=O)C=CCN(C)C)C3)c2=O)c1. The number of pyridine rings is 1. The van der Waals surface area contributed by atoms with E-state index < -0.39 is 0 Å². The molecule has 0 saturated carbocycles. The first-order valence-corrected chi connectivity index (χ1v) is 14.5. The molecule has 0 radical (unpaired) electrons. The number of aromatic nitrogens is 3. The van der Waals surface area contributed by atoms with Crippen molar-refractivity contribution in [2.24, 2.45) is 0 Å². The topological polar surface area (TPSA) is 120 Å². The fraction of sp³-hybridized carbons (Fsp3) is 0.467. The Morgan fingerprint density at radius 1 is 1.21 bits per heavy atom. The fourth-order valence-corrected chi connectivity index (χ4v) is 5.30. The minimum absolute atomic E-state index is 0.0259. The molecule has 0 spiro atoms. The van der Waals surface area contributed by atoms with Crippen molar-refractivity contribution in [3.63, 3.8) is 0 Å². The van der Waals surface area contributed by atoms with E-state index in [0.717, 1.165) is 6.42 Å².